The van der Waals surface area contributed by atoms with Gasteiger partial charge in [0.1, 0.15) is 0 Å². The highest BCUT2D eigenvalue weighted by Gasteiger charge is 2.15. The summed E-state index contributed by atoms with van der Waals surface area (Å²) in [5.41, 5.74) is 7.76. The lowest BCUT2D eigenvalue weighted by molar-refractivity contribution is 0.467. The molecule has 0 saturated carbocycles. The van der Waals surface area contributed by atoms with Gasteiger partial charge in [0.25, 0.3) is 0 Å². The zero-order chi connectivity index (χ0) is 15.4. The van der Waals surface area contributed by atoms with Crippen molar-refractivity contribution in [1.82, 2.24) is 15.2 Å². The molecule has 0 saturated heterocycles. The van der Waals surface area contributed by atoms with Crippen LogP contribution < -0.4 is 11.3 Å². The molecule has 0 spiro atoms. The van der Waals surface area contributed by atoms with E-state index in [-0.39, 0.29) is 6.04 Å². The van der Waals surface area contributed by atoms with E-state index in [2.05, 4.69) is 68.7 Å². The van der Waals surface area contributed by atoms with Crippen LogP contribution in [0.2, 0.25) is 0 Å². The number of aromatic nitrogens is 2. The van der Waals surface area contributed by atoms with Gasteiger partial charge in [0.15, 0.2) is 0 Å². The molecule has 114 valence electrons. The first-order valence-corrected chi connectivity index (χ1v) is 7.62. The van der Waals surface area contributed by atoms with Gasteiger partial charge in [-0.25, -0.2) is 0 Å². The fourth-order valence-electron chi connectivity index (χ4n) is 2.52. The van der Waals surface area contributed by atoms with Gasteiger partial charge in [-0.3, -0.25) is 16.0 Å². The number of nitrogens with one attached hydrogen (secondary N) is 1. The third kappa shape index (κ3) is 3.71. The van der Waals surface area contributed by atoms with Gasteiger partial charge in [0.05, 0.1) is 11.7 Å². The number of hydrogen-bond donors (Lipinski definition) is 2. The molecule has 4 heteroatoms. The van der Waals surface area contributed by atoms with E-state index in [0.717, 1.165) is 18.5 Å². The molecule has 4 nitrogen and oxygen atoms in total. The van der Waals surface area contributed by atoms with Crippen LogP contribution in [0.4, 0.5) is 0 Å². The average Bonchev–Trinajstić information content (AvgIpc) is 2.95. The van der Waals surface area contributed by atoms with Gasteiger partial charge in [0.2, 0.25) is 0 Å². The SMILES string of the molecule is CCC(C)n1ccc(CC(NN)c2cc(C)ccc2C)n1. The topological polar surface area (TPSA) is 55.9 Å². The minimum absolute atomic E-state index is 0.0881. The van der Waals surface area contributed by atoms with Gasteiger partial charge < -0.3 is 0 Å². The molecule has 0 amide bonds. The highest BCUT2D eigenvalue weighted by atomic mass is 15.3. The highest BCUT2D eigenvalue weighted by molar-refractivity contribution is 5.33. The lowest BCUT2D eigenvalue weighted by Crippen LogP contribution is -2.30. The van der Waals surface area contributed by atoms with Gasteiger partial charge in [-0.2, -0.15) is 5.10 Å². The third-order valence-corrected chi connectivity index (χ3v) is 4.13. The number of hydrogen-bond acceptors (Lipinski definition) is 3. The van der Waals surface area contributed by atoms with Crippen LogP contribution in [0.5, 0.6) is 0 Å². The van der Waals surface area contributed by atoms with Gasteiger partial charge >= 0.3 is 0 Å². The Morgan fingerprint density at radius 1 is 1.29 bits per heavy atom. The van der Waals surface area contributed by atoms with Crippen LogP contribution >= 0.6 is 0 Å². The van der Waals surface area contributed by atoms with Crippen LogP contribution in [0.15, 0.2) is 30.5 Å². The Morgan fingerprint density at radius 3 is 2.71 bits per heavy atom. The predicted octanol–water partition coefficient (Wildman–Crippen LogP) is 3.22. The second kappa shape index (κ2) is 6.87. The molecule has 0 fully saturated rings. The predicted molar refractivity (Wildman–Crippen MR) is 86.9 cm³/mol. The summed E-state index contributed by atoms with van der Waals surface area (Å²) < 4.78 is 2.03. The van der Waals surface area contributed by atoms with Crippen LogP contribution in [-0.2, 0) is 6.42 Å². The Hall–Kier alpha value is -1.65. The summed E-state index contributed by atoms with van der Waals surface area (Å²) in [5, 5.41) is 4.67. The molecule has 2 unspecified atom stereocenters. The molecule has 0 radical (unpaired) electrons. The second-order valence-corrected chi connectivity index (χ2v) is 5.83. The number of benzene rings is 1. The maximum absolute atomic E-state index is 5.78. The fraction of sp³-hybridized carbons (Fsp3) is 0.471. The number of hydrazine groups is 1. The molecule has 1 aromatic heterocycles. The van der Waals surface area contributed by atoms with Gasteiger partial charge in [0, 0.05) is 18.7 Å². The van der Waals surface area contributed by atoms with E-state index in [1.54, 1.807) is 0 Å². The van der Waals surface area contributed by atoms with Crippen molar-refractivity contribution in [3.8, 4) is 0 Å². The number of aryl methyl sites for hydroxylation is 2. The summed E-state index contributed by atoms with van der Waals surface area (Å²) in [4.78, 5) is 0. The zero-order valence-corrected chi connectivity index (χ0v) is 13.4. The van der Waals surface area contributed by atoms with Crippen molar-refractivity contribution < 1.29 is 0 Å². The monoisotopic (exact) mass is 286 g/mol. The quantitative estimate of drug-likeness (QED) is 0.633. The minimum Gasteiger partial charge on any atom is -0.271 e. The molecule has 1 aromatic carbocycles. The Balaban J connectivity index is 2.19. The lowest BCUT2D eigenvalue weighted by atomic mass is 9.96. The second-order valence-electron chi connectivity index (χ2n) is 5.83. The average molecular weight is 286 g/mol. The summed E-state index contributed by atoms with van der Waals surface area (Å²) in [5.74, 6) is 5.78. The third-order valence-electron chi connectivity index (χ3n) is 4.13. The fourth-order valence-corrected chi connectivity index (χ4v) is 2.52. The van der Waals surface area contributed by atoms with Crippen LogP contribution in [0.1, 0.15) is 54.7 Å². The molecule has 0 bridgehead atoms. The molecule has 3 N–H and O–H groups in total. The lowest BCUT2D eigenvalue weighted by Gasteiger charge is -2.18. The normalized spacial score (nSPS) is 14.1. The van der Waals surface area contributed by atoms with Crippen molar-refractivity contribution in [2.45, 2.75) is 52.6 Å². The van der Waals surface area contributed by atoms with Gasteiger partial charge in [-0.05, 0) is 44.4 Å². The molecule has 2 atom stereocenters. The van der Waals surface area contributed by atoms with Crippen molar-refractivity contribution >= 4 is 0 Å². The number of nitrogens with two attached hydrogens (primary N) is 1. The molecular formula is C17H26N4. The first-order chi connectivity index (χ1) is 10.0. The van der Waals surface area contributed by atoms with Crippen LogP contribution in [0.3, 0.4) is 0 Å². The van der Waals surface area contributed by atoms with Crippen molar-refractivity contribution in [2.24, 2.45) is 5.84 Å². The van der Waals surface area contributed by atoms with E-state index < -0.39 is 0 Å². The maximum atomic E-state index is 5.78. The molecule has 0 aliphatic carbocycles. The summed E-state index contributed by atoms with van der Waals surface area (Å²) in [6.07, 6.45) is 3.93. The van der Waals surface area contributed by atoms with Crippen LogP contribution in [-0.4, -0.2) is 9.78 Å². The van der Waals surface area contributed by atoms with E-state index in [0.29, 0.717) is 6.04 Å². The maximum Gasteiger partial charge on any atom is 0.0644 e. The smallest absolute Gasteiger partial charge is 0.0644 e. The minimum atomic E-state index is 0.0881. The molecule has 0 aliphatic rings. The van der Waals surface area contributed by atoms with Crippen molar-refractivity contribution in [1.29, 1.82) is 0 Å². The first-order valence-electron chi connectivity index (χ1n) is 7.62. The Bertz CT molecular complexity index is 588. The Labute approximate surface area is 127 Å². The summed E-state index contributed by atoms with van der Waals surface area (Å²) in [6, 6.07) is 9.08. The van der Waals surface area contributed by atoms with Gasteiger partial charge in [-0.15, -0.1) is 0 Å². The molecule has 21 heavy (non-hydrogen) atoms. The molecule has 1 heterocycles. The first kappa shape index (κ1) is 15.7. The Morgan fingerprint density at radius 2 is 2.05 bits per heavy atom. The van der Waals surface area contributed by atoms with Crippen molar-refractivity contribution in [2.75, 3.05) is 0 Å². The zero-order valence-electron chi connectivity index (χ0n) is 13.4. The Kier molecular flexibility index (Phi) is 5.15. The van der Waals surface area contributed by atoms with Gasteiger partial charge in [-0.1, -0.05) is 30.7 Å². The number of nitrogens with zero attached hydrogens (tertiary/aromatic N) is 2. The van der Waals surface area contributed by atoms with E-state index in [1.807, 2.05) is 4.68 Å². The van der Waals surface area contributed by atoms with E-state index >= 15 is 0 Å². The van der Waals surface area contributed by atoms with Crippen LogP contribution in [0, 0.1) is 13.8 Å². The summed E-state index contributed by atoms with van der Waals surface area (Å²) >= 11 is 0. The summed E-state index contributed by atoms with van der Waals surface area (Å²) in [6.45, 7) is 8.58. The molecule has 2 aromatic rings. The highest BCUT2D eigenvalue weighted by Crippen LogP contribution is 2.22. The standard InChI is InChI=1S/C17H26N4/c1-5-14(4)21-9-8-15(20-21)11-17(19-18)16-10-12(2)6-7-13(16)3/h6-10,14,17,19H,5,11,18H2,1-4H3. The molecule has 0 aliphatic heterocycles. The van der Waals surface area contributed by atoms with Crippen molar-refractivity contribution in [3.05, 3.63) is 52.8 Å². The van der Waals surface area contributed by atoms with E-state index in [9.17, 15) is 0 Å². The van der Waals surface area contributed by atoms with E-state index in [4.69, 9.17) is 5.84 Å². The molecular weight excluding hydrogens is 260 g/mol. The molecule has 2 rings (SSSR count). The van der Waals surface area contributed by atoms with E-state index in [1.165, 1.54) is 16.7 Å². The largest absolute Gasteiger partial charge is 0.271 e. The number of rotatable bonds is 6. The van der Waals surface area contributed by atoms with Crippen LogP contribution in [0.25, 0.3) is 0 Å². The van der Waals surface area contributed by atoms with Crippen molar-refractivity contribution in [3.63, 3.8) is 0 Å². The summed E-state index contributed by atoms with van der Waals surface area (Å²) in [7, 11) is 0.